The Morgan fingerprint density at radius 2 is 2.00 bits per heavy atom. The van der Waals surface area contributed by atoms with Crippen LogP contribution in [0.25, 0.3) is 11.0 Å². The van der Waals surface area contributed by atoms with Crippen LogP contribution in [0, 0.1) is 5.92 Å². The summed E-state index contributed by atoms with van der Waals surface area (Å²) < 4.78 is 2.32. The summed E-state index contributed by atoms with van der Waals surface area (Å²) in [6.07, 6.45) is 6.32. The van der Waals surface area contributed by atoms with Crippen molar-refractivity contribution in [2.45, 2.75) is 39.3 Å². The van der Waals surface area contributed by atoms with Gasteiger partial charge in [0.15, 0.2) is 0 Å². The van der Waals surface area contributed by atoms with Crippen molar-refractivity contribution in [2.24, 2.45) is 5.92 Å². The number of carbonyl (C=O) groups excluding carboxylic acids is 1. The van der Waals surface area contributed by atoms with Crippen LogP contribution in [0.15, 0.2) is 48.8 Å². The van der Waals surface area contributed by atoms with E-state index in [2.05, 4.69) is 44.9 Å². The standard InChI is InChI=1S/C22H27N5O/c1-2-12-27-20-8-4-3-7-19(20)25-22(27)26-13-9-18(10-14-26)21(28)24-16-17-6-5-11-23-15-17/h3-8,11,15,18H,2,9-10,12-14,16H2,1H3,(H,24,28). The van der Waals surface area contributed by atoms with E-state index in [0.717, 1.165) is 55.9 Å². The number of hydrogen-bond acceptors (Lipinski definition) is 4. The number of hydrogen-bond donors (Lipinski definition) is 1. The van der Waals surface area contributed by atoms with Gasteiger partial charge in [0, 0.05) is 44.5 Å². The van der Waals surface area contributed by atoms with Gasteiger partial charge in [-0.05, 0) is 43.0 Å². The summed E-state index contributed by atoms with van der Waals surface area (Å²) in [6, 6.07) is 12.2. The second-order valence-corrected chi connectivity index (χ2v) is 7.39. The van der Waals surface area contributed by atoms with Gasteiger partial charge in [0.1, 0.15) is 0 Å². The molecule has 0 radical (unpaired) electrons. The van der Waals surface area contributed by atoms with E-state index in [4.69, 9.17) is 4.98 Å². The third kappa shape index (κ3) is 3.86. The van der Waals surface area contributed by atoms with Gasteiger partial charge >= 0.3 is 0 Å². The number of fused-ring (bicyclic) bond motifs is 1. The monoisotopic (exact) mass is 377 g/mol. The number of amides is 1. The lowest BCUT2D eigenvalue weighted by atomic mass is 9.96. The SMILES string of the molecule is CCCn1c(N2CCC(C(=O)NCc3cccnc3)CC2)nc2ccccc21. The summed E-state index contributed by atoms with van der Waals surface area (Å²) in [5.74, 6) is 1.25. The van der Waals surface area contributed by atoms with Crippen LogP contribution in [0.4, 0.5) is 5.95 Å². The molecular formula is C22H27N5O. The lowest BCUT2D eigenvalue weighted by Gasteiger charge is -2.32. The Bertz CT molecular complexity index is 929. The van der Waals surface area contributed by atoms with Gasteiger partial charge in [-0.3, -0.25) is 9.78 Å². The fourth-order valence-corrected chi connectivity index (χ4v) is 3.93. The molecule has 0 aliphatic carbocycles. The molecule has 0 atom stereocenters. The maximum Gasteiger partial charge on any atom is 0.223 e. The van der Waals surface area contributed by atoms with Gasteiger partial charge in [0.05, 0.1) is 11.0 Å². The van der Waals surface area contributed by atoms with E-state index in [0.29, 0.717) is 6.54 Å². The van der Waals surface area contributed by atoms with Gasteiger partial charge in [-0.15, -0.1) is 0 Å². The maximum absolute atomic E-state index is 12.6. The quantitative estimate of drug-likeness (QED) is 0.715. The predicted octanol–water partition coefficient (Wildman–Crippen LogP) is 3.37. The van der Waals surface area contributed by atoms with Crippen LogP contribution < -0.4 is 10.2 Å². The van der Waals surface area contributed by atoms with Crippen molar-refractivity contribution in [3.8, 4) is 0 Å². The molecule has 2 aromatic heterocycles. The molecule has 6 nitrogen and oxygen atoms in total. The Morgan fingerprint density at radius 1 is 1.18 bits per heavy atom. The number of piperidine rings is 1. The average molecular weight is 377 g/mol. The molecule has 146 valence electrons. The highest BCUT2D eigenvalue weighted by Crippen LogP contribution is 2.27. The van der Waals surface area contributed by atoms with Crippen LogP contribution in [0.2, 0.25) is 0 Å². The van der Waals surface area contributed by atoms with Gasteiger partial charge in [-0.25, -0.2) is 4.98 Å². The molecule has 3 aromatic rings. The van der Waals surface area contributed by atoms with E-state index in [1.165, 1.54) is 5.52 Å². The van der Waals surface area contributed by atoms with Crippen molar-refractivity contribution in [1.82, 2.24) is 19.9 Å². The van der Waals surface area contributed by atoms with Crippen LogP contribution in [0.5, 0.6) is 0 Å². The summed E-state index contributed by atoms with van der Waals surface area (Å²) in [6.45, 7) is 5.41. The zero-order chi connectivity index (χ0) is 19.3. The third-order valence-corrected chi connectivity index (χ3v) is 5.42. The molecule has 0 bridgehead atoms. The van der Waals surface area contributed by atoms with Crippen LogP contribution in [0.1, 0.15) is 31.7 Å². The first kappa shape index (κ1) is 18.5. The van der Waals surface area contributed by atoms with E-state index in [1.807, 2.05) is 18.2 Å². The first-order chi connectivity index (χ1) is 13.8. The number of benzene rings is 1. The van der Waals surface area contributed by atoms with Gasteiger partial charge in [-0.2, -0.15) is 0 Å². The van der Waals surface area contributed by atoms with Gasteiger partial charge in [0.25, 0.3) is 0 Å². The molecular weight excluding hydrogens is 350 g/mol. The molecule has 1 aliphatic rings. The molecule has 1 fully saturated rings. The number of rotatable bonds is 6. The Kier molecular flexibility index (Phi) is 5.55. The number of pyridine rings is 1. The summed E-state index contributed by atoms with van der Waals surface area (Å²) in [7, 11) is 0. The number of nitrogens with zero attached hydrogens (tertiary/aromatic N) is 4. The Hall–Kier alpha value is -2.89. The lowest BCUT2D eigenvalue weighted by molar-refractivity contribution is -0.125. The summed E-state index contributed by atoms with van der Waals surface area (Å²) in [5.41, 5.74) is 3.26. The van der Waals surface area contributed by atoms with Gasteiger partial charge < -0.3 is 14.8 Å². The summed E-state index contributed by atoms with van der Waals surface area (Å²) in [5, 5.41) is 3.06. The highest BCUT2D eigenvalue weighted by molar-refractivity contribution is 5.80. The Balaban J connectivity index is 1.39. The fraction of sp³-hybridized carbons (Fsp3) is 0.409. The number of aromatic nitrogens is 3. The van der Waals surface area contributed by atoms with Crippen LogP contribution in [-0.2, 0) is 17.9 Å². The largest absolute Gasteiger partial charge is 0.352 e. The maximum atomic E-state index is 12.6. The zero-order valence-electron chi connectivity index (χ0n) is 16.3. The minimum atomic E-state index is 0.0666. The van der Waals surface area contributed by atoms with Crippen LogP contribution in [0.3, 0.4) is 0 Å². The van der Waals surface area contributed by atoms with Crippen LogP contribution in [-0.4, -0.2) is 33.5 Å². The number of imidazole rings is 1. The highest BCUT2D eigenvalue weighted by atomic mass is 16.1. The van der Waals surface area contributed by atoms with E-state index >= 15 is 0 Å². The van der Waals surface area contributed by atoms with E-state index in [9.17, 15) is 4.79 Å². The summed E-state index contributed by atoms with van der Waals surface area (Å²) >= 11 is 0. The normalized spacial score (nSPS) is 15.1. The van der Waals surface area contributed by atoms with E-state index < -0.39 is 0 Å². The molecule has 1 saturated heterocycles. The average Bonchev–Trinajstić information content (AvgIpc) is 3.12. The van der Waals surface area contributed by atoms with Crippen LogP contribution >= 0.6 is 0 Å². The summed E-state index contributed by atoms with van der Waals surface area (Å²) in [4.78, 5) is 23.9. The number of aryl methyl sites for hydroxylation is 1. The van der Waals surface area contributed by atoms with Crippen molar-refractivity contribution in [3.63, 3.8) is 0 Å². The molecule has 1 aromatic carbocycles. The molecule has 0 saturated carbocycles. The number of anilines is 1. The lowest BCUT2D eigenvalue weighted by Crippen LogP contribution is -2.41. The minimum absolute atomic E-state index is 0.0666. The van der Waals surface area contributed by atoms with Crippen molar-refractivity contribution < 1.29 is 4.79 Å². The molecule has 1 N–H and O–H groups in total. The van der Waals surface area contributed by atoms with E-state index in [1.54, 1.807) is 12.4 Å². The number of carbonyl (C=O) groups is 1. The van der Waals surface area contributed by atoms with Gasteiger partial charge in [0.2, 0.25) is 11.9 Å². The van der Waals surface area contributed by atoms with Crippen molar-refractivity contribution in [2.75, 3.05) is 18.0 Å². The molecule has 0 unspecified atom stereocenters. The second-order valence-electron chi connectivity index (χ2n) is 7.39. The van der Waals surface area contributed by atoms with Crippen molar-refractivity contribution in [3.05, 3.63) is 54.4 Å². The van der Waals surface area contributed by atoms with Crippen molar-refractivity contribution in [1.29, 1.82) is 0 Å². The highest BCUT2D eigenvalue weighted by Gasteiger charge is 2.27. The van der Waals surface area contributed by atoms with Crippen molar-refractivity contribution >= 4 is 22.9 Å². The predicted molar refractivity (Wildman–Crippen MR) is 111 cm³/mol. The number of para-hydroxylation sites is 2. The molecule has 4 rings (SSSR count). The van der Waals surface area contributed by atoms with Gasteiger partial charge in [-0.1, -0.05) is 25.1 Å². The van der Waals surface area contributed by atoms with E-state index in [-0.39, 0.29) is 11.8 Å². The Labute approximate surface area is 165 Å². The first-order valence-electron chi connectivity index (χ1n) is 10.1. The smallest absolute Gasteiger partial charge is 0.223 e. The zero-order valence-corrected chi connectivity index (χ0v) is 16.3. The molecule has 28 heavy (non-hydrogen) atoms. The Morgan fingerprint density at radius 3 is 2.75 bits per heavy atom. The first-order valence-corrected chi connectivity index (χ1v) is 10.1. The fourth-order valence-electron chi connectivity index (χ4n) is 3.93. The minimum Gasteiger partial charge on any atom is -0.352 e. The molecule has 3 heterocycles. The third-order valence-electron chi connectivity index (χ3n) is 5.42. The number of nitrogens with one attached hydrogen (secondary N) is 1. The molecule has 1 amide bonds. The topological polar surface area (TPSA) is 63.1 Å². The second kappa shape index (κ2) is 8.42. The molecule has 0 spiro atoms. The molecule has 1 aliphatic heterocycles. The molecule has 6 heteroatoms.